The van der Waals surface area contributed by atoms with Gasteiger partial charge >= 0.3 is 0 Å². The van der Waals surface area contributed by atoms with Crippen molar-refractivity contribution in [2.75, 3.05) is 50.9 Å². The van der Waals surface area contributed by atoms with Crippen molar-refractivity contribution < 1.29 is 9.84 Å². The molecule has 0 spiro atoms. The van der Waals surface area contributed by atoms with Gasteiger partial charge in [-0.2, -0.15) is 0 Å². The van der Waals surface area contributed by atoms with Crippen LogP contribution in [0, 0.1) is 5.41 Å². The van der Waals surface area contributed by atoms with E-state index in [9.17, 15) is 5.11 Å². The number of hydrogen-bond donors (Lipinski definition) is 1. The number of piperidine rings is 1. The molecule has 2 fully saturated rings. The maximum atomic E-state index is 9.82. The summed E-state index contributed by atoms with van der Waals surface area (Å²) in [4.78, 5) is 13.6. The molecule has 6 nitrogen and oxygen atoms in total. The Morgan fingerprint density at radius 1 is 1.25 bits per heavy atom. The molecule has 2 aliphatic heterocycles. The fraction of sp³-hybridized carbons (Fsp3) is 0.667. The number of likely N-dealkylation sites (tertiary alicyclic amines) is 1. The van der Waals surface area contributed by atoms with Crippen LogP contribution in [0.25, 0.3) is 0 Å². The maximum absolute atomic E-state index is 9.82. The van der Waals surface area contributed by atoms with Crippen molar-refractivity contribution in [3.8, 4) is 0 Å². The van der Waals surface area contributed by atoms with Crippen LogP contribution in [0.2, 0.25) is 0 Å². The van der Waals surface area contributed by atoms with Crippen LogP contribution in [0.15, 0.2) is 25.0 Å². The van der Waals surface area contributed by atoms with Crippen LogP contribution in [0.1, 0.15) is 24.8 Å². The Bertz CT molecular complexity index is 530. The first-order chi connectivity index (χ1) is 11.7. The molecule has 0 aliphatic carbocycles. The Balaban J connectivity index is 1.60. The van der Waals surface area contributed by atoms with Gasteiger partial charge in [0.15, 0.2) is 0 Å². The second-order valence-electron chi connectivity index (χ2n) is 6.96. The van der Waals surface area contributed by atoms with Gasteiger partial charge in [0.2, 0.25) is 5.95 Å². The van der Waals surface area contributed by atoms with E-state index in [0.717, 1.165) is 76.7 Å². The number of rotatable bonds is 6. The van der Waals surface area contributed by atoms with E-state index in [4.69, 9.17) is 4.74 Å². The topological polar surface area (TPSA) is 61.7 Å². The third-order valence-corrected chi connectivity index (χ3v) is 5.05. The molecule has 0 amide bonds. The fourth-order valence-electron chi connectivity index (χ4n) is 3.73. The molecular weight excluding hydrogens is 304 g/mol. The van der Waals surface area contributed by atoms with Crippen LogP contribution in [0.4, 0.5) is 5.95 Å². The van der Waals surface area contributed by atoms with Gasteiger partial charge in [0, 0.05) is 49.6 Å². The average Bonchev–Trinajstić information content (AvgIpc) is 2.64. The summed E-state index contributed by atoms with van der Waals surface area (Å²) in [5.74, 6) is 0.789. The molecule has 1 atom stereocenters. The first-order valence-corrected chi connectivity index (χ1v) is 8.82. The van der Waals surface area contributed by atoms with Gasteiger partial charge in [0.25, 0.3) is 0 Å². The summed E-state index contributed by atoms with van der Waals surface area (Å²) < 4.78 is 5.36. The quantitative estimate of drug-likeness (QED) is 0.796. The third-order valence-electron chi connectivity index (χ3n) is 5.05. The standard InChI is InChI=1S/C18H28N4O2/c1-2-4-18(15-23)5-3-6-21(14-18)13-16-11-19-17(20-12-16)22-7-9-24-10-8-22/h2,11-12,23H,1,3-10,13-15H2. The third kappa shape index (κ3) is 4.12. The summed E-state index contributed by atoms with van der Waals surface area (Å²) in [5.41, 5.74) is 1.09. The van der Waals surface area contributed by atoms with Crippen LogP contribution in [0.5, 0.6) is 0 Å². The lowest BCUT2D eigenvalue weighted by atomic mass is 9.78. The van der Waals surface area contributed by atoms with Crippen LogP contribution in [0.3, 0.4) is 0 Å². The van der Waals surface area contributed by atoms with Gasteiger partial charge in [-0.15, -0.1) is 6.58 Å². The zero-order valence-electron chi connectivity index (χ0n) is 14.4. The molecule has 0 saturated carbocycles. The fourth-order valence-corrected chi connectivity index (χ4v) is 3.73. The molecule has 0 radical (unpaired) electrons. The molecule has 1 aromatic heterocycles. The van der Waals surface area contributed by atoms with Gasteiger partial charge in [-0.05, 0) is 25.8 Å². The van der Waals surface area contributed by atoms with Crippen molar-refractivity contribution >= 4 is 5.95 Å². The predicted octanol–water partition coefficient (Wildman–Crippen LogP) is 1.46. The van der Waals surface area contributed by atoms with E-state index < -0.39 is 0 Å². The Morgan fingerprint density at radius 2 is 2.00 bits per heavy atom. The van der Waals surface area contributed by atoms with Crippen molar-refractivity contribution in [1.29, 1.82) is 0 Å². The highest BCUT2D eigenvalue weighted by Crippen LogP contribution is 2.33. The summed E-state index contributed by atoms with van der Waals surface area (Å²) in [6.07, 6.45) is 8.84. The number of aromatic nitrogens is 2. The molecule has 3 rings (SSSR count). The van der Waals surface area contributed by atoms with Crippen LogP contribution in [-0.4, -0.2) is 66.0 Å². The largest absolute Gasteiger partial charge is 0.396 e. The normalized spacial score (nSPS) is 25.6. The molecule has 3 heterocycles. The Hall–Kier alpha value is -1.50. The van der Waals surface area contributed by atoms with Crippen molar-refractivity contribution in [3.63, 3.8) is 0 Å². The zero-order chi connectivity index (χ0) is 16.8. The minimum atomic E-state index is -0.0331. The average molecular weight is 332 g/mol. The molecule has 6 heteroatoms. The van der Waals surface area contributed by atoms with Gasteiger partial charge in [-0.3, -0.25) is 4.90 Å². The van der Waals surface area contributed by atoms with E-state index >= 15 is 0 Å². The molecule has 2 aliphatic rings. The lowest BCUT2D eigenvalue weighted by molar-refractivity contribution is 0.0308. The minimum Gasteiger partial charge on any atom is -0.396 e. The molecule has 132 valence electrons. The van der Waals surface area contributed by atoms with E-state index in [-0.39, 0.29) is 12.0 Å². The maximum Gasteiger partial charge on any atom is 0.225 e. The number of hydrogen-bond acceptors (Lipinski definition) is 6. The monoisotopic (exact) mass is 332 g/mol. The summed E-state index contributed by atoms with van der Waals surface area (Å²) in [6.45, 7) is 10.1. The summed E-state index contributed by atoms with van der Waals surface area (Å²) in [7, 11) is 0. The summed E-state index contributed by atoms with van der Waals surface area (Å²) >= 11 is 0. The van der Waals surface area contributed by atoms with Gasteiger partial charge in [-0.25, -0.2) is 9.97 Å². The number of aliphatic hydroxyl groups is 1. The molecular formula is C18H28N4O2. The van der Waals surface area contributed by atoms with E-state index in [1.807, 2.05) is 18.5 Å². The highest BCUT2D eigenvalue weighted by atomic mass is 16.5. The molecule has 0 bridgehead atoms. The van der Waals surface area contributed by atoms with Crippen LogP contribution in [-0.2, 0) is 11.3 Å². The van der Waals surface area contributed by atoms with Gasteiger partial charge < -0.3 is 14.7 Å². The highest BCUT2D eigenvalue weighted by molar-refractivity contribution is 5.30. The van der Waals surface area contributed by atoms with E-state index in [1.165, 1.54) is 0 Å². The number of aliphatic hydroxyl groups excluding tert-OH is 1. The predicted molar refractivity (Wildman–Crippen MR) is 93.9 cm³/mol. The molecule has 2 saturated heterocycles. The number of ether oxygens (including phenoxy) is 1. The molecule has 0 aromatic carbocycles. The first kappa shape index (κ1) is 17.3. The SMILES string of the molecule is C=CCC1(CO)CCCN(Cc2cnc(N3CCOCC3)nc2)C1. The Morgan fingerprint density at radius 3 is 2.67 bits per heavy atom. The van der Waals surface area contributed by atoms with Crippen LogP contribution < -0.4 is 4.90 Å². The van der Waals surface area contributed by atoms with Gasteiger partial charge in [0.1, 0.15) is 0 Å². The lowest BCUT2D eigenvalue weighted by Crippen LogP contribution is -2.44. The summed E-state index contributed by atoms with van der Waals surface area (Å²) in [5, 5.41) is 9.82. The number of morpholine rings is 1. The Kier molecular flexibility index (Phi) is 5.81. The Labute approximate surface area is 144 Å². The first-order valence-electron chi connectivity index (χ1n) is 8.82. The second-order valence-corrected chi connectivity index (χ2v) is 6.96. The van der Waals surface area contributed by atoms with Crippen molar-refractivity contribution in [3.05, 3.63) is 30.6 Å². The minimum absolute atomic E-state index is 0.0331. The molecule has 1 N–H and O–H groups in total. The molecule has 1 aromatic rings. The smallest absolute Gasteiger partial charge is 0.225 e. The second kappa shape index (κ2) is 8.05. The summed E-state index contributed by atoms with van der Waals surface area (Å²) in [6, 6.07) is 0. The van der Waals surface area contributed by atoms with Crippen molar-refractivity contribution in [1.82, 2.24) is 14.9 Å². The van der Waals surface area contributed by atoms with E-state index in [1.54, 1.807) is 0 Å². The van der Waals surface area contributed by atoms with Crippen LogP contribution >= 0.6 is 0 Å². The lowest BCUT2D eigenvalue weighted by Gasteiger charge is -2.41. The number of allylic oxidation sites excluding steroid dienone is 1. The zero-order valence-corrected chi connectivity index (χ0v) is 14.4. The van der Waals surface area contributed by atoms with Gasteiger partial charge in [-0.1, -0.05) is 6.08 Å². The molecule has 1 unspecified atom stereocenters. The van der Waals surface area contributed by atoms with E-state index in [2.05, 4.69) is 26.3 Å². The number of anilines is 1. The molecule has 24 heavy (non-hydrogen) atoms. The number of nitrogens with zero attached hydrogens (tertiary/aromatic N) is 4. The van der Waals surface area contributed by atoms with Crippen molar-refractivity contribution in [2.24, 2.45) is 5.41 Å². The highest BCUT2D eigenvalue weighted by Gasteiger charge is 2.33. The van der Waals surface area contributed by atoms with Crippen molar-refractivity contribution in [2.45, 2.75) is 25.8 Å². The van der Waals surface area contributed by atoms with E-state index in [0.29, 0.717) is 0 Å². The van der Waals surface area contributed by atoms with Gasteiger partial charge in [0.05, 0.1) is 19.8 Å².